The molecule has 3 rings (SSSR count). The minimum absolute atomic E-state index is 0.00892. The number of aliphatic hydroxyl groups excluding tert-OH is 1. The maximum Gasteiger partial charge on any atom is 0.0996 e. The normalized spacial score (nSPS) is 25.1. The van der Waals surface area contributed by atoms with Crippen LogP contribution in [0.5, 0.6) is 0 Å². The fourth-order valence-corrected chi connectivity index (χ4v) is 2.56. The highest BCUT2D eigenvalue weighted by Crippen LogP contribution is 2.23. The van der Waals surface area contributed by atoms with Crippen molar-refractivity contribution in [2.45, 2.75) is 12.1 Å². The molecule has 84 valence electrons. The molecule has 1 aliphatic rings. The molecule has 2 atom stereocenters. The van der Waals surface area contributed by atoms with Crippen molar-refractivity contribution in [3.8, 4) is 0 Å². The van der Waals surface area contributed by atoms with Crippen molar-refractivity contribution in [1.82, 2.24) is 4.98 Å². The van der Waals surface area contributed by atoms with E-state index < -0.39 is 6.10 Å². The Kier molecular flexibility index (Phi) is 2.51. The second-order valence-corrected chi connectivity index (χ2v) is 4.78. The number of fused-ring (bicyclic) bond motifs is 1. The predicted octanol–water partition coefficient (Wildman–Crippen LogP) is 1.47. The van der Waals surface area contributed by atoms with Crippen LogP contribution in [-0.2, 0) is 4.74 Å². The zero-order chi connectivity index (χ0) is 11.0. The van der Waals surface area contributed by atoms with Crippen molar-refractivity contribution < 1.29 is 9.84 Å². The Bertz CT molecular complexity index is 499. The van der Waals surface area contributed by atoms with Crippen LogP contribution < -0.4 is 5.32 Å². The van der Waals surface area contributed by atoms with Gasteiger partial charge >= 0.3 is 0 Å². The summed E-state index contributed by atoms with van der Waals surface area (Å²) in [4.78, 5) is 4.22. The van der Waals surface area contributed by atoms with Gasteiger partial charge in [-0.05, 0) is 18.2 Å². The van der Waals surface area contributed by atoms with Crippen molar-refractivity contribution in [2.24, 2.45) is 0 Å². The third kappa shape index (κ3) is 1.77. The zero-order valence-corrected chi connectivity index (χ0v) is 9.41. The van der Waals surface area contributed by atoms with E-state index in [0.29, 0.717) is 13.2 Å². The van der Waals surface area contributed by atoms with E-state index in [1.165, 1.54) is 0 Å². The van der Waals surface area contributed by atoms with Crippen molar-refractivity contribution >= 4 is 27.2 Å². The number of ether oxygens (including phenoxy) is 1. The first-order valence-corrected chi connectivity index (χ1v) is 6.06. The van der Waals surface area contributed by atoms with Crippen molar-refractivity contribution in [3.05, 3.63) is 23.7 Å². The van der Waals surface area contributed by atoms with Crippen LogP contribution in [0.15, 0.2) is 23.7 Å². The predicted molar refractivity (Wildman–Crippen MR) is 63.9 cm³/mol. The van der Waals surface area contributed by atoms with Gasteiger partial charge in [-0.2, -0.15) is 0 Å². The first-order chi connectivity index (χ1) is 7.83. The van der Waals surface area contributed by atoms with Crippen LogP contribution in [0.25, 0.3) is 10.2 Å². The summed E-state index contributed by atoms with van der Waals surface area (Å²) in [6.07, 6.45) is -0.419. The number of rotatable bonds is 2. The summed E-state index contributed by atoms with van der Waals surface area (Å²) < 4.78 is 6.34. The fourth-order valence-electron chi connectivity index (χ4n) is 1.84. The van der Waals surface area contributed by atoms with Gasteiger partial charge in [0.1, 0.15) is 0 Å². The number of nitrogens with zero attached hydrogens (tertiary/aromatic N) is 1. The third-order valence-corrected chi connectivity index (χ3v) is 3.53. The molecule has 2 aromatic rings. The van der Waals surface area contributed by atoms with Gasteiger partial charge < -0.3 is 15.2 Å². The highest BCUT2D eigenvalue weighted by atomic mass is 32.1. The molecule has 4 nitrogen and oxygen atoms in total. The molecule has 5 heteroatoms. The Morgan fingerprint density at radius 1 is 1.44 bits per heavy atom. The van der Waals surface area contributed by atoms with Crippen LogP contribution in [0, 0.1) is 0 Å². The molecule has 1 aromatic carbocycles. The van der Waals surface area contributed by atoms with E-state index in [4.69, 9.17) is 4.74 Å². The summed E-state index contributed by atoms with van der Waals surface area (Å²) in [5.41, 5.74) is 3.85. The molecular weight excluding hydrogens is 224 g/mol. The Balaban J connectivity index is 1.83. The van der Waals surface area contributed by atoms with Crippen LogP contribution in [-0.4, -0.2) is 35.5 Å². The summed E-state index contributed by atoms with van der Waals surface area (Å²) in [7, 11) is 0. The SMILES string of the molecule is OC1COCC1Nc1ccc2ncsc2c1. The van der Waals surface area contributed by atoms with Gasteiger partial charge in [-0.1, -0.05) is 0 Å². The molecule has 1 saturated heterocycles. The van der Waals surface area contributed by atoms with Gasteiger partial charge in [-0.3, -0.25) is 0 Å². The Morgan fingerprint density at radius 2 is 2.38 bits per heavy atom. The second-order valence-electron chi connectivity index (χ2n) is 3.89. The monoisotopic (exact) mass is 236 g/mol. The largest absolute Gasteiger partial charge is 0.388 e. The van der Waals surface area contributed by atoms with Gasteiger partial charge in [-0.15, -0.1) is 11.3 Å². The average Bonchev–Trinajstić information content (AvgIpc) is 2.88. The first kappa shape index (κ1) is 10.0. The number of hydrogen-bond acceptors (Lipinski definition) is 5. The minimum atomic E-state index is -0.419. The maximum absolute atomic E-state index is 9.63. The van der Waals surface area contributed by atoms with Crippen molar-refractivity contribution in [3.63, 3.8) is 0 Å². The third-order valence-electron chi connectivity index (χ3n) is 2.73. The Hall–Kier alpha value is -1.17. The Labute approximate surface area is 96.9 Å². The van der Waals surface area contributed by atoms with E-state index in [2.05, 4.69) is 16.4 Å². The van der Waals surface area contributed by atoms with Crippen LogP contribution in [0.2, 0.25) is 0 Å². The molecule has 0 spiro atoms. The Morgan fingerprint density at radius 3 is 3.19 bits per heavy atom. The quantitative estimate of drug-likeness (QED) is 0.829. The number of anilines is 1. The summed E-state index contributed by atoms with van der Waals surface area (Å²) in [6, 6.07) is 6.01. The molecular formula is C11H12N2O2S. The summed E-state index contributed by atoms with van der Waals surface area (Å²) in [6.45, 7) is 0.975. The fraction of sp³-hybridized carbons (Fsp3) is 0.364. The lowest BCUT2D eigenvalue weighted by molar-refractivity contribution is 0.125. The molecule has 1 fully saturated rings. The lowest BCUT2D eigenvalue weighted by Crippen LogP contribution is -2.31. The number of benzene rings is 1. The highest BCUT2D eigenvalue weighted by molar-refractivity contribution is 7.16. The number of nitrogens with one attached hydrogen (secondary N) is 1. The number of thiazole rings is 1. The molecule has 16 heavy (non-hydrogen) atoms. The molecule has 0 saturated carbocycles. The van der Waals surface area contributed by atoms with Crippen molar-refractivity contribution in [2.75, 3.05) is 18.5 Å². The highest BCUT2D eigenvalue weighted by Gasteiger charge is 2.25. The standard InChI is InChI=1S/C11H12N2O2S/c14-10-5-15-4-9(10)13-7-1-2-8-11(3-7)16-6-12-8/h1-3,6,9-10,13-14H,4-5H2. The molecule has 0 radical (unpaired) electrons. The molecule has 0 amide bonds. The van der Waals surface area contributed by atoms with E-state index in [1.54, 1.807) is 11.3 Å². The lowest BCUT2D eigenvalue weighted by Gasteiger charge is -2.15. The van der Waals surface area contributed by atoms with E-state index in [1.807, 2.05) is 17.6 Å². The molecule has 1 aliphatic heterocycles. The molecule has 0 aliphatic carbocycles. The lowest BCUT2D eigenvalue weighted by atomic mass is 10.2. The van der Waals surface area contributed by atoms with Crippen molar-refractivity contribution in [1.29, 1.82) is 0 Å². The van der Waals surface area contributed by atoms with Crippen LogP contribution >= 0.6 is 11.3 Å². The molecule has 1 aromatic heterocycles. The molecule has 0 bridgehead atoms. The summed E-state index contributed by atoms with van der Waals surface area (Å²) >= 11 is 1.62. The summed E-state index contributed by atoms with van der Waals surface area (Å²) in [5, 5.41) is 12.9. The minimum Gasteiger partial charge on any atom is -0.388 e. The number of aliphatic hydroxyl groups is 1. The van der Waals surface area contributed by atoms with Crippen LogP contribution in [0.4, 0.5) is 5.69 Å². The molecule has 2 heterocycles. The van der Waals surface area contributed by atoms with Crippen LogP contribution in [0.1, 0.15) is 0 Å². The van der Waals surface area contributed by atoms with Gasteiger partial charge in [0.2, 0.25) is 0 Å². The maximum atomic E-state index is 9.63. The van der Waals surface area contributed by atoms with Gasteiger partial charge in [-0.25, -0.2) is 4.98 Å². The first-order valence-electron chi connectivity index (χ1n) is 5.18. The van der Waals surface area contributed by atoms with Gasteiger partial charge in [0.05, 0.1) is 41.1 Å². The van der Waals surface area contributed by atoms with Gasteiger partial charge in [0, 0.05) is 5.69 Å². The molecule has 2 N–H and O–H groups in total. The van der Waals surface area contributed by atoms with E-state index in [-0.39, 0.29) is 6.04 Å². The average molecular weight is 236 g/mol. The number of hydrogen-bond donors (Lipinski definition) is 2. The topological polar surface area (TPSA) is 54.4 Å². The van der Waals surface area contributed by atoms with E-state index in [0.717, 1.165) is 15.9 Å². The van der Waals surface area contributed by atoms with Gasteiger partial charge in [0.15, 0.2) is 0 Å². The summed E-state index contributed by atoms with van der Waals surface area (Å²) in [5.74, 6) is 0. The molecule has 2 unspecified atom stereocenters. The zero-order valence-electron chi connectivity index (χ0n) is 8.59. The second kappa shape index (κ2) is 4.01. The smallest absolute Gasteiger partial charge is 0.0996 e. The van der Waals surface area contributed by atoms with E-state index >= 15 is 0 Å². The van der Waals surface area contributed by atoms with E-state index in [9.17, 15) is 5.11 Å². The van der Waals surface area contributed by atoms with Crippen LogP contribution in [0.3, 0.4) is 0 Å². The number of aromatic nitrogens is 1. The van der Waals surface area contributed by atoms with Gasteiger partial charge in [0.25, 0.3) is 0 Å².